The molecule has 0 radical (unpaired) electrons. The van der Waals surface area contributed by atoms with E-state index in [0.717, 1.165) is 23.6 Å². The van der Waals surface area contributed by atoms with Crippen LogP contribution in [0.1, 0.15) is 12.5 Å². The average Bonchev–Trinajstić information content (AvgIpc) is 2.43. The summed E-state index contributed by atoms with van der Waals surface area (Å²) in [7, 11) is 1.83. The highest BCUT2D eigenvalue weighted by atomic mass is 15.2. The monoisotopic (exact) mass is 242 g/mol. The predicted molar refractivity (Wildman–Crippen MR) is 75.4 cm³/mol. The first-order valence-electron chi connectivity index (χ1n) is 6.10. The highest BCUT2D eigenvalue weighted by Gasteiger charge is 2.12. The first-order chi connectivity index (χ1) is 8.76. The molecule has 0 unspecified atom stereocenters. The van der Waals surface area contributed by atoms with Gasteiger partial charge in [0.25, 0.3) is 0 Å². The number of aromatic nitrogens is 2. The van der Waals surface area contributed by atoms with Crippen LogP contribution in [0.2, 0.25) is 0 Å². The largest absolute Gasteiger partial charge is 0.357 e. The molecule has 4 heteroatoms. The molecule has 1 heterocycles. The predicted octanol–water partition coefficient (Wildman–Crippen LogP) is 2.98. The number of para-hydroxylation sites is 1. The summed E-state index contributed by atoms with van der Waals surface area (Å²) < 4.78 is 0. The summed E-state index contributed by atoms with van der Waals surface area (Å²) >= 11 is 0. The van der Waals surface area contributed by atoms with Crippen LogP contribution in [-0.4, -0.2) is 23.6 Å². The highest BCUT2D eigenvalue weighted by Crippen LogP contribution is 2.26. The average molecular weight is 242 g/mol. The zero-order valence-corrected chi connectivity index (χ0v) is 11.0. The van der Waals surface area contributed by atoms with Crippen molar-refractivity contribution in [1.29, 1.82) is 0 Å². The van der Waals surface area contributed by atoms with Gasteiger partial charge in [0.2, 0.25) is 5.95 Å². The quantitative estimate of drug-likeness (QED) is 0.895. The summed E-state index contributed by atoms with van der Waals surface area (Å²) in [6, 6.07) is 10.3. The normalized spacial score (nSPS) is 10.2. The molecule has 1 aromatic carbocycles. The van der Waals surface area contributed by atoms with Crippen molar-refractivity contribution in [2.45, 2.75) is 13.8 Å². The summed E-state index contributed by atoms with van der Waals surface area (Å²) in [6.07, 6.45) is 1.85. The third-order valence-corrected chi connectivity index (χ3v) is 2.81. The van der Waals surface area contributed by atoms with Crippen LogP contribution in [-0.2, 0) is 0 Å². The van der Waals surface area contributed by atoms with E-state index in [2.05, 4.69) is 39.2 Å². The number of hydrogen-bond acceptors (Lipinski definition) is 4. The SMILES string of the molecule is CCN(c1ccccc1)c1nc(NC)ncc1C. The van der Waals surface area contributed by atoms with Crippen LogP contribution >= 0.6 is 0 Å². The Labute approximate surface area is 108 Å². The Bertz CT molecular complexity index is 510. The number of rotatable bonds is 4. The van der Waals surface area contributed by atoms with Gasteiger partial charge in [-0.3, -0.25) is 0 Å². The maximum atomic E-state index is 4.54. The summed E-state index contributed by atoms with van der Waals surface area (Å²) in [4.78, 5) is 10.9. The van der Waals surface area contributed by atoms with Gasteiger partial charge in [0, 0.05) is 31.0 Å². The van der Waals surface area contributed by atoms with E-state index in [0.29, 0.717) is 5.95 Å². The van der Waals surface area contributed by atoms with Crippen LogP contribution < -0.4 is 10.2 Å². The molecule has 0 saturated carbocycles. The van der Waals surface area contributed by atoms with Gasteiger partial charge >= 0.3 is 0 Å². The molecule has 0 aliphatic rings. The number of anilines is 3. The molecule has 0 bridgehead atoms. The molecule has 0 saturated heterocycles. The fourth-order valence-electron chi connectivity index (χ4n) is 1.89. The molecule has 18 heavy (non-hydrogen) atoms. The second kappa shape index (κ2) is 5.49. The van der Waals surface area contributed by atoms with Crippen LogP contribution in [0.3, 0.4) is 0 Å². The molecule has 1 aromatic heterocycles. The lowest BCUT2D eigenvalue weighted by Crippen LogP contribution is -2.19. The van der Waals surface area contributed by atoms with Crippen molar-refractivity contribution in [3.05, 3.63) is 42.1 Å². The number of nitrogens with one attached hydrogen (secondary N) is 1. The molecular formula is C14H18N4. The van der Waals surface area contributed by atoms with Gasteiger partial charge in [0.15, 0.2) is 0 Å². The molecular weight excluding hydrogens is 224 g/mol. The smallest absolute Gasteiger partial charge is 0.224 e. The lowest BCUT2D eigenvalue weighted by Gasteiger charge is -2.23. The van der Waals surface area contributed by atoms with Gasteiger partial charge in [0.1, 0.15) is 5.82 Å². The van der Waals surface area contributed by atoms with E-state index in [4.69, 9.17) is 0 Å². The van der Waals surface area contributed by atoms with Crippen LogP contribution in [0.15, 0.2) is 36.5 Å². The van der Waals surface area contributed by atoms with Gasteiger partial charge in [-0.25, -0.2) is 4.98 Å². The maximum absolute atomic E-state index is 4.54. The van der Waals surface area contributed by atoms with Crippen LogP contribution in [0.5, 0.6) is 0 Å². The summed E-state index contributed by atoms with van der Waals surface area (Å²) in [5.41, 5.74) is 2.21. The van der Waals surface area contributed by atoms with Crippen molar-refractivity contribution >= 4 is 17.5 Å². The minimum Gasteiger partial charge on any atom is -0.357 e. The Morgan fingerprint density at radius 3 is 2.56 bits per heavy atom. The van der Waals surface area contributed by atoms with Gasteiger partial charge in [-0.15, -0.1) is 0 Å². The van der Waals surface area contributed by atoms with Crippen LogP contribution in [0, 0.1) is 6.92 Å². The molecule has 4 nitrogen and oxygen atoms in total. The Balaban J connectivity index is 2.44. The molecule has 0 atom stereocenters. The second-order valence-electron chi connectivity index (χ2n) is 4.03. The fourth-order valence-corrected chi connectivity index (χ4v) is 1.89. The number of nitrogens with zero attached hydrogens (tertiary/aromatic N) is 3. The fraction of sp³-hybridized carbons (Fsp3) is 0.286. The van der Waals surface area contributed by atoms with E-state index in [9.17, 15) is 0 Å². The lowest BCUT2D eigenvalue weighted by molar-refractivity contribution is 0.963. The van der Waals surface area contributed by atoms with Gasteiger partial charge in [-0.2, -0.15) is 4.98 Å². The van der Waals surface area contributed by atoms with Crippen molar-refractivity contribution in [1.82, 2.24) is 9.97 Å². The third-order valence-electron chi connectivity index (χ3n) is 2.81. The van der Waals surface area contributed by atoms with Gasteiger partial charge < -0.3 is 10.2 Å². The standard InChI is InChI=1S/C14H18N4/c1-4-18(12-8-6-5-7-9-12)13-11(2)10-16-14(15-3)17-13/h5-10H,4H2,1-3H3,(H,15,16,17). The van der Waals surface area contributed by atoms with E-state index in [1.807, 2.05) is 38.4 Å². The summed E-state index contributed by atoms with van der Waals surface area (Å²) in [5, 5.41) is 2.98. The molecule has 0 amide bonds. The molecule has 2 rings (SSSR count). The molecule has 2 aromatic rings. The third kappa shape index (κ3) is 2.42. The van der Waals surface area contributed by atoms with Gasteiger partial charge in [-0.1, -0.05) is 18.2 Å². The van der Waals surface area contributed by atoms with Crippen molar-refractivity contribution < 1.29 is 0 Å². The Hall–Kier alpha value is -2.10. The molecule has 94 valence electrons. The lowest BCUT2D eigenvalue weighted by atomic mass is 10.2. The number of benzene rings is 1. The molecule has 0 aliphatic heterocycles. The summed E-state index contributed by atoms with van der Waals surface area (Å²) in [6.45, 7) is 5.01. The molecule has 0 aliphatic carbocycles. The molecule has 0 spiro atoms. The van der Waals surface area contributed by atoms with E-state index in [1.54, 1.807) is 0 Å². The number of aryl methyl sites for hydroxylation is 1. The Morgan fingerprint density at radius 1 is 1.22 bits per heavy atom. The topological polar surface area (TPSA) is 41.1 Å². The minimum absolute atomic E-state index is 0.644. The van der Waals surface area contributed by atoms with E-state index >= 15 is 0 Å². The van der Waals surface area contributed by atoms with Gasteiger partial charge in [0.05, 0.1) is 0 Å². The number of hydrogen-bond donors (Lipinski definition) is 1. The van der Waals surface area contributed by atoms with Crippen LogP contribution in [0.4, 0.5) is 17.5 Å². The first-order valence-corrected chi connectivity index (χ1v) is 6.10. The zero-order valence-electron chi connectivity index (χ0n) is 11.0. The Morgan fingerprint density at radius 2 is 1.94 bits per heavy atom. The minimum atomic E-state index is 0.644. The van der Waals surface area contributed by atoms with Crippen LogP contribution in [0.25, 0.3) is 0 Å². The Kier molecular flexibility index (Phi) is 3.77. The molecule has 0 fully saturated rings. The zero-order chi connectivity index (χ0) is 13.0. The van der Waals surface area contributed by atoms with E-state index in [-0.39, 0.29) is 0 Å². The maximum Gasteiger partial charge on any atom is 0.224 e. The van der Waals surface area contributed by atoms with E-state index in [1.165, 1.54) is 0 Å². The van der Waals surface area contributed by atoms with Crippen molar-refractivity contribution in [3.63, 3.8) is 0 Å². The van der Waals surface area contributed by atoms with Crippen molar-refractivity contribution in [2.75, 3.05) is 23.8 Å². The highest BCUT2D eigenvalue weighted by molar-refractivity contribution is 5.63. The van der Waals surface area contributed by atoms with Gasteiger partial charge in [-0.05, 0) is 26.0 Å². The van der Waals surface area contributed by atoms with Crippen molar-refractivity contribution in [2.24, 2.45) is 0 Å². The van der Waals surface area contributed by atoms with Crippen molar-refractivity contribution in [3.8, 4) is 0 Å². The van der Waals surface area contributed by atoms with E-state index < -0.39 is 0 Å². The first kappa shape index (κ1) is 12.4. The summed E-state index contributed by atoms with van der Waals surface area (Å²) in [5.74, 6) is 1.59. The second-order valence-corrected chi connectivity index (χ2v) is 4.03. The molecule has 1 N–H and O–H groups in total.